The van der Waals surface area contributed by atoms with Crippen LogP contribution in [-0.2, 0) is 11.2 Å². The van der Waals surface area contributed by atoms with Crippen LogP contribution in [0.2, 0.25) is 0 Å². The first-order valence-electron chi connectivity index (χ1n) is 7.18. The molecular formula is C15H24N2OS. The van der Waals surface area contributed by atoms with Crippen LogP contribution in [0, 0.1) is 5.92 Å². The smallest absolute Gasteiger partial charge is 0.234 e. The minimum Gasteiger partial charge on any atom is -0.355 e. The zero-order valence-corrected chi connectivity index (χ0v) is 12.9. The Morgan fingerprint density at radius 2 is 2.37 bits per heavy atom. The molecule has 0 bridgehead atoms. The molecule has 1 aliphatic rings. The Bertz CT molecular complexity index is 428. The molecule has 0 saturated heterocycles. The molecule has 1 N–H and O–H groups in total. The molecule has 0 radical (unpaired) electrons. The Balaban J connectivity index is 1.96. The van der Waals surface area contributed by atoms with Crippen LogP contribution in [0.5, 0.6) is 0 Å². The maximum absolute atomic E-state index is 12.0. The van der Waals surface area contributed by atoms with E-state index in [-0.39, 0.29) is 5.91 Å². The highest BCUT2D eigenvalue weighted by molar-refractivity contribution is 7.10. The molecule has 0 saturated carbocycles. The Labute approximate surface area is 120 Å². The lowest BCUT2D eigenvalue weighted by Crippen LogP contribution is -2.42. The summed E-state index contributed by atoms with van der Waals surface area (Å²) in [6, 6.07) is 2.65. The molecule has 4 heteroatoms. The van der Waals surface area contributed by atoms with Crippen LogP contribution in [0.15, 0.2) is 11.4 Å². The summed E-state index contributed by atoms with van der Waals surface area (Å²) >= 11 is 1.85. The number of hydrogen-bond acceptors (Lipinski definition) is 3. The topological polar surface area (TPSA) is 32.3 Å². The highest BCUT2D eigenvalue weighted by Crippen LogP contribution is 2.34. The molecular weight excluding hydrogens is 256 g/mol. The third-order valence-corrected chi connectivity index (χ3v) is 4.64. The van der Waals surface area contributed by atoms with Gasteiger partial charge in [0.05, 0.1) is 6.54 Å². The van der Waals surface area contributed by atoms with Crippen LogP contribution in [0.4, 0.5) is 0 Å². The number of hydrogen-bond donors (Lipinski definition) is 1. The van der Waals surface area contributed by atoms with Crippen molar-refractivity contribution in [2.75, 3.05) is 19.6 Å². The van der Waals surface area contributed by atoms with Gasteiger partial charge in [-0.2, -0.15) is 0 Å². The number of carbonyl (C=O) groups is 1. The zero-order valence-electron chi connectivity index (χ0n) is 12.1. The molecule has 0 aromatic carbocycles. The fraction of sp³-hybridized carbons (Fsp3) is 0.667. The number of fused-ring (bicyclic) bond motifs is 1. The zero-order chi connectivity index (χ0) is 13.8. The van der Waals surface area contributed by atoms with E-state index < -0.39 is 0 Å². The van der Waals surface area contributed by atoms with E-state index in [0.29, 0.717) is 18.5 Å². The van der Waals surface area contributed by atoms with Gasteiger partial charge in [0.1, 0.15) is 0 Å². The number of rotatable bonds is 5. The number of carbonyl (C=O) groups excluding carboxylic acids is 1. The molecule has 2 rings (SSSR count). The first kappa shape index (κ1) is 14.5. The van der Waals surface area contributed by atoms with E-state index in [0.717, 1.165) is 25.9 Å². The van der Waals surface area contributed by atoms with Crippen LogP contribution in [0.1, 0.15) is 43.7 Å². The van der Waals surface area contributed by atoms with Gasteiger partial charge >= 0.3 is 0 Å². The molecule has 0 spiro atoms. The Morgan fingerprint density at radius 3 is 3.05 bits per heavy atom. The SMILES string of the molecule is CC[C@@H]1c2ccsc2CCN1CC(=O)NCC(C)C. The quantitative estimate of drug-likeness (QED) is 0.899. The number of nitrogens with zero attached hydrogens (tertiary/aromatic N) is 1. The lowest BCUT2D eigenvalue weighted by molar-refractivity contribution is -0.123. The molecule has 19 heavy (non-hydrogen) atoms. The molecule has 1 aromatic heterocycles. The molecule has 0 unspecified atom stereocenters. The average molecular weight is 280 g/mol. The molecule has 1 amide bonds. The van der Waals surface area contributed by atoms with E-state index in [4.69, 9.17) is 0 Å². The van der Waals surface area contributed by atoms with Crippen molar-refractivity contribution in [3.63, 3.8) is 0 Å². The summed E-state index contributed by atoms with van der Waals surface area (Å²) in [5.74, 6) is 0.668. The molecule has 1 atom stereocenters. The van der Waals surface area contributed by atoms with Gasteiger partial charge in [0.15, 0.2) is 0 Å². The maximum atomic E-state index is 12.0. The van der Waals surface area contributed by atoms with Gasteiger partial charge in [0.25, 0.3) is 0 Å². The van der Waals surface area contributed by atoms with Crippen molar-refractivity contribution < 1.29 is 4.79 Å². The van der Waals surface area contributed by atoms with Crippen LogP contribution in [0.3, 0.4) is 0 Å². The second kappa shape index (κ2) is 6.53. The molecule has 3 nitrogen and oxygen atoms in total. The first-order valence-corrected chi connectivity index (χ1v) is 8.06. The summed E-state index contributed by atoms with van der Waals surface area (Å²) in [7, 11) is 0. The van der Waals surface area contributed by atoms with E-state index >= 15 is 0 Å². The van der Waals surface area contributed by atoms with Crippen LogP contribution in [0.25, 0.3) is 0 Å². The Kier molecular flexibility index (Phi) is 4.99. The number of thiophene rings is 1. The van der Waals surface area contributed by atoms with Gasteiger partial charge in [0, 0.05) is 24.0 Å². The predicted molar refractivity (Wildman–Crippen MR) is 80.5 cm³/mol. The van der Waals surface area contributed by atoms with Gasteiger partial charge in [-0.15, -0.1) is 11.3 Å². The van der Waals surface area contributed by atoms with E-state index in [1.165, 1.54) is 10.4 Å². The van der Waals surface area contributed by atoms with Crippen molar-refractivity contribution in [1.82, 2.24) is 10.2 Å². The van der Waals surface area contributed by atoms with Gasteiger partial charge < -0.3 is 5.32 Å². The minimum absolute atomic E-state index is 0.158. The summed E-state index contributed by atoms with van der Waals surface area (Å²) in [5.41, 5.74) is 1.44. The molecule has 0 aliphatic carbocycles. The lowest BCUT2D eigenvalue weighted by Gasteiger charge is -2.34. The standard InChI is InChI=1S/C15H24N2OS/c1-4-13-12-6-8-19-14(12)5-7-17(13)10-15(18)16-9-11(2)3/h6,8,11,13H,4-5,7,9-10H2,1-3H3,(H,16,18)/t13-/m1/s1. The molecule has 0 fully saturated rings. The molecule has 1 aliphatic heterocycles. The van der Waals surface area contributed by atoms with Crippen molar-refractivity contribution in [3.05, 3.63) is 21.9 Å². The highest BCUT2D eigenvalue weighted by Gasteiger charge is 2.27. The fourth-order valence-corrected chi connectivity index (χ4v) is 3.60. The molecule has 1 aromatic rings. The summed E-state index contributed by atoms with van der Waals surface area (Å²) in [4.78, 5) is 15.8. The Morgan fingerprint density at radius 1 is 1.58 bits per heavy atom. The molecule has 106 valence electrons. The van der Waals surface area contributed by atoms with Gasteiger partial charge in [-0.3, -0.25) is 9.69 Å². The largest absolute Gasteiger partial charge is 0.355 e. The van der Waals surface area contributed by atoms with Crippen LogP contribution >= 0.6 is 11.3 Å². The normalized spacial score (nSPS) is 19.5. The van der Waals surface area contributed by atoms with Crippen LogP contribution in [-0.4, -0.2) is 30.4 Å². The van der Waals surface area contributed by atoms with Gasteiger partial charge in [-0.25, -0.2) is 0 Å². The third kappa shape index (κ3) is 3.57. The van der Waals surface area contributed by atoms with E-state index in [1.54, 1.807) is 0 Å². The van der Waals surface area contributed by atoms with E-state index in [9.17, 15) is 4.79 Å². The fourth-order valence-electron chi connectivity index (χ4n) is 2.67. The third-order valence-electron chi connectivity index (χ3n) is 3.65. The van der Waals surface area contributed by atoms with E-state index in [1.807, 2.05) is 11.3 Å². The second-order valence-corrected chi connectivity index (χ2v) is 6.64. The minimum atomic E-state index is 0.158. The number of nitrogens with one attached hydrogen (secondary N) is 1. The Hall–Kier alpha value is -0.870. The van der Waals surface area contributed by atoms with Crippen molar-refractivity contribution in [1.29, 1.82) is 0 Å². The first-order chi connectivity index (χ1) is 9.11. The number of amides is 1. The van der Waals surface area contributed by atoms with Crippen LogP contribution < -0.4 is 5.32 Å². The van der Waals surface area contributed by atoms with Gasteiger partial charge in [-0.1, -0.05) is 20.8 Å². The maximum Gasteiger partial charge on any atom is 0.234 e. The van der Waals surface area contributed by atoms with Crippen molar-refractivity contribution in [2.45, 2.75) is 39.7 Å². The second-order valence-electron chi connectivity index (χ2n) is 5.64. The summed E-state index contributed by atoms with van der Waals surface area (Å²) in [6.45, 7) is 8.74. The van der Waals surface area contributed by atoms with Gasteiger partial charge in [0.2, 0.25) is 5.91 Å². The van der Waals surface area contributed by atoms with Crippen molar-refractivity contribution >= 4 is 17.2 Å². The highest BCUT2D eigenvalue weighted by atomic mass is 32.1. The van der Waals surface area contributed by atoms with E-state index in [2.05, 4.69) is 42.4 Å². The lowest BCUT2D eigenvalue weighted by atomic mass is 9.98. The monoisotopic (exact) mass is 280 g/mol. The summed E-state index contributed by atoms with van der Waals surface area (Å²) in [6.07, 6.45) is 2.15. The van der Waals surface area contributed by atoms with Gasteiger partial charge in [-0.05, 0) is 35.8 Å². The van der Waals surface area contributed by atoms with Crippen molar-refractivity contribution in [3.8, 4) is 0 Å². The van der Waals surface area contributed by atoms with Crippen molar-refractivity contribution in [2.24, 2.45) is 5.92 Å². The predicted octanol–water partition coefficient (Wildman–Crippen LogP) is 2.83. The summed E-state index contributed by atoms with van der Waals surface area (Å²) in [5, 5.41) is 5.19. The average Bonchev–Trinajstić information content (AvgIpc) is 2.84. The molecule has 2 heterocycles. The summed E-state index contributed by atoms with van der Waals surface area (Å²) < 4.78 is 0.